The molecule has 1 unspecified atom stereocenters. The molecule has 1 heterocycles. The molecule has 0 fully saturated rings. The lowest BCUT2D eigenvalue weighted by Crippen LogP contribution is -2.43. The summed E-state index contributed by atoms with van der Waals surface area (Å²) in [6.07, 6.45) is 0. The van der Waals surface area contributed by atoms with E-state index in [0.29, 0.717) is 24.7 Å². The van der Waals surface area contributed by atoms with Gasteiger partial charge in [0, 0.05) is 19.2 Å². The van der Waals surface area contributed by atoms with Gasteiger partial charge in [-0.1, -0.05) is 0 Å². The maximum Gasteiger partial charge on any atom is 0.223 e. The Bertz CT molecular complexity index is 359. The molecular formula is C10H20N6O. The molecule has 0 aliphatic rings. The molecule has 0 spiro atoms. The predicted molar refractivity (Wildman–Crippen MR) is 68.5 cm³/mol. The molecule has 0 amide bonds. The standard InChI is InChI=1S/C10H20N6O/c1-10(17,6-16(2)3)5-13-8-4-7(11)14-9(12)15-8/h4,17H,5-6H2,1-3H3,(H5,11,12,13,14,15). The van der Waals surface area contributed by atoms with Gasteiger partial charge in [-0.25, -0.2) is 0 Å². The van der Waals surface area contributed by atoms with Crippen LogP contribution in [0.1, 0.15) is 6.92 Å². The van der Waals surface area contributed by atoms with Gasteiger partial charge in [0.25, 0.3) is 0 Å². The average Bonchev–Trinajstić information content (AvgIpc) is 2.11. The normalized spacial score (nSPS) is 14.6. The van der Waals surface area contributed by atoms with Crippen molar-refractivity contribution in [3.05, 3.63) is 6.07 Å². The molecular weight excluding hydrogens is 220 g/mol. The minimum Gasteiger partial charge on any atom is -0.387 e. The van der Waals surface area contributed by atoms with E-state index in [9.17, 15) is 5.11 Å². The molecule has 7 nitrogen and oxygen atoms in total. The van der Waals surface area contributed by atoms with Crippen molar-refractivity contribution in [1.29, 1.82) is 0 Å². The summed E-state index contributed by atoms with van der Waals surface area (Å²) in [6, 6.07) is 1.57. The Balaban J connectivity index is 2.60. The van der Waals surface area contributed by atoms with Crippen LogP contribution in [-0.2, 0) is 0 Å². The van der Waals surface area contributed by atoms with Crippen LogP contribution in [0.2, 0.25) is 0 Å². The van der Waals surface area contributed by atoms with E-state index >= 15 is 0 Å². The van der Waals surface area contributed by atoms with E-state index in [1.54, 1.807) is 13.0 Å². The fourth-order valence-corrected chi connectivity index (χ4v) is 1.59. The lowest BCUT2D eigenvalue weighted by Gasteiger charge is -2.27. The van der Waals surface area contributed by atoms with E-state index in [1.807, 2.05) is 19.0 Å². The van der Waals surface area contributed by atoms with Crippen molar-refractivity contribution in [2.75, 3.05) is 44.0 Å². The highest BCUT2D eigenvalue weighted by Crippen LogP contribution is 2.11. The quantitative estimate of drug-likeness (QED) is 0.541. The van der Waals surface area contributed by atoms with Crippen molar-refractivity contribution >= 4 is 17.6 Å². The SMILES string of the molecule is CN(C)CC(C)(O)CNc1cc(N)nc(N)n1. The number of nitrogens with zero attached hydrogens (tertiary/aromatic N) is 3. The van der Waals surface area contributed by atoms with E-state index in [4.69, 9.17) is 11.5 Å². The molecule has 0 radical (unpaired) electrons. The van der Waals surface area contributed by atoms with Crippen LogP contribution in [0, 0.1) is 0 Å². The summed E-state index contributed by atoms with van der Waals surface area (Å²) in [4.78, 5) is 9.64. The third-order valence-electron chi connectivity index (χ3n) is 2.07. The second-order valence-corrected chi connectivity index (χ2v) is 4.62. The first-order chi connectivity index (χ1) is 7.78. The molecule has 1 aromatic rings. The third kappa shape index (κ3) is 4.83. The molecule has 17 heavy (non-hydrogen) atoms. The van der Waals surface area contributed by atoms with Crippen LogP contribution in [0.5, 0.6) is 0 Å². The molecule has 0 bridgehead atoms. The van der Waals surface area contributed by atoms with Gasteiger partial charge in [-0.05, 0) is 21.0 Å². The fraction of sp³-hybridized carbons (Fsp3) is 0.600. The van der Waals surface area contributed by atoms with Crippen LogP contribution in [-0.4, -0.2) is 52.8 Å². The summed E-state index contributed by atoms with van der Waals surface area (Å²) in [5.74, 6) is 0.918. The Hall–Kier alpha value is -1.60. The second kappa shape index (κ2) is 5.15. The van der Waals surface area contributed by atoms with Crippen LogP contribution in [0.3, 0.4) is 0 Å². The number of hydrogen-bond donors (Lipinski definition) is 4. The minimum absolute atomic E-state index is 0.111. The smallest absolute Gasteiger partial charge is 0.223 e. The second-order valence-electron chi connectivity index (χ2n) is 4.62. The van der Waals surface area contributed by atoms with Gasteiger partial charge in [-0.15, -0.1) is 0 Å². The van der Waals surface area contributed by atoms with Gasteiger partial charge in [-0.2, -0.15) is 9.97 Å². The monoisotopic (exact) mass is 240 g/mol. The summed E-state index contributed by atoms with van der Waals surface area (Å²) in [7, 11) is 3.80. The molecule has 96 valence electrons. The Morgan fingerprint density at radius 1 is 1.41 bits per heavy atom. The number of likely N-dealkylation sites (N-methyl/N-ethyl adjacent to an activating group) is 1. The number of rotatable bonds is 5. The highest BCUT2D eigenvalue weighted by molar-refractivity contribution is 5.48. The predicted octanol–water partition coefficient (Wildman–Crippen LogP) is -0.634. The Kier molecular flexibility index (Phi) is 4.08. The van der Waals surface area contributed by atoms with Crippen LogP contribution in [0.4, 0.5) is 17.6 Å². The Labute approximate surface area is 101 Å². The van der Waals surface area contributed by atoms with Crippen molar-refractivity contribution in [3.8, 4) is 0 Å². The van der Waals surface area contributed by atoms with Crippen LogP contribution in [0.25, 0.3) is 0 Å². The summed E-state index contributed by atoms with van der Waals surface area (Å²) in [5, 5.41) is 13.1. The molecule has 0 aliphatic heterocycles. The number of aromatic nitrogens is 2. The largest absolute Gasteiger partial charge is 0.387 e. The van der Waals surface area contributed by atoms with Crippen molar-refractivity contribution in [3.63, 3.8) is 0 Å². The van der Waals surface area contributed by atoms with Gasteiger partial charge in [-0.3, -0.25) is 0 Å². The van der Waals surface area contributed by atoms with Gasteiger partial charge in [0.15, 0.2) is 0 Å². The molecule has 1 atom stereocenters. The molecule has 0 saturated carbocycles. The van der Waals surface area contributed by atoms with Crippen LogP contribution in [0.15, 0.2) is 6.07 Å². The first-order valence-corrected chi connectivity index (χ1v) is 5.29. The first kappa shape index (κ1) is 13.5. The first-order valence-electron chi connectivity index (χ1n) is 5.29. The highest BCUT2D eigenvalue weighted by atomic mass is 16.3. The lowest BCUT2D eigenvalue weighted by molar-refractivity contribution is 0.0459. The zero-order chi connectivity index (χ0) is 13.1. The van der Waals surface area contributed by atoms with Gasteiger partial charge >= 0.3 is 0 Å². The summed E-state index contributed by atoms with van der Waals surface area (Å²) >= 11 is 0. The average molecular weight is 240 g/mol. The number of hydrogen-bond acceptors (Lipinski definition) is 7. The van der Waals surface area contributed by atoms with E-state index in [1.165, 1.54) is 0 Å². The van der Waals surface area contributed by atoms with Gasteiger partial charge < -0.3 is 26.8 Å². The number of nitrogens with one attached hydrogen (secondary N) is 1. The summed E-state index contributed by atoms with van der Waals surface area (Å²) < 4.78 is 0. The zero-order valence-corrected chi connectivity index (χ0v) is 10.4. The van der Waals surface area contributed by atoms with E-state index < -0.39 is 5.60 Å². The molecule has 0 saturated heterocycles. The number of anilines is 3. The molecule has 1 rings (SSSR count). The lowest BCUT2D eigenvalue weighted by atomic mass is 10.1. The highest BCUT2D eigenvalue weighted by Gasteiger charge is 2.21. The number of nitrogens with two attached hydrogens (primary N) is 2. The number of nitrogen functional groups attached to an aromatic ring is 2. The molecule has 0 aliphatic carbocycles. The van der Waals surface area contributed by atoms with Crippen LogP contribution < -0.4 is 16.8 Å². The molecule has 1 aromatic heterocycles. The van der Waals surface area contributed by atoms with Crippen molar-refractivity contribution in [1.82, 2.24) is 14.9 Å². The molecule has 6 N–H and O–H groups in total. The van der Waals surface area contributed by atoms with Gasteiger partial charge in [0.1, 0.15) is 11.6 Å². The summed E-state index contributed by atoms with van der Waals surface area (Å²) in [5.41, 5.74) is 10.1. The maximum atomic E-state index is 10.1. The Morgan fingerprint density at radius 2 is 2.06 bits per heavy atom. The summed E-state index contributed by atoms with van der Waals surface area (Å²) in [6.45, 7) is 2.63. The van der Waals surface area contributed by atoms with Gasteiger partial charge in [0.05, 0.1) is 5.60 Å². The topological polar surface area (TPSA) is 113 Å². The Morgan fingerprint density at radius 3 is 2.59 bits per heavy atom. The maximum absolute atomic E-state index is 10.1. The van der Waals surface area contributed by atoms with Crippen molar-refractivity contribution < 1.29 is 5.11 Å². The third-order valence-corrected chi connectivity index (χ3v) is 2.07. The zero-order valence-electron chi connectivity index (χ0n) is 10.4. The number of aliphatic hydroxyl groups is 1. The van der Waals surface area contributed by atoms with Crippen LogP contribution >= 0.6 is 0 Å². The fourth-order valence-electron chi connectivity index (χ4n) is 1.59. The minimum atomic E-state index is -0.863. The molecule has 7 heteroatoms. The van der Waals surface area contributed by atoms with Gasteiger partial charge in [0.2, 0.25) is 5.95 Å². The van der Waals surface area contributed by atoms with Crippen molar-refractivity contribution in [2.45, 2.75) is 12.5 Å². The van der Waals surface area contributed by atoms with E-state index in [-0.39, 0.29) is 5.95 Å². The van der Waals surface area contributed by atoms with Crippen molar-refractivity contribution in [2.24, 2.45) is 0 Å². The molecule has 0 aromatic carbocycles. The van der Waals surface area contributed by atoms with E-state index in [2.05, 4.69) is 15.3 Å². The van der Waals surface area contributed by atoms with E-state index in [0.717, 1.165) is 0 Å².